The first-order valence-corrected chi connectivity index (χ1v) is 13.4. The molecule has 160 valence electrons. The molecule has 6 nitrogen and oxygen atoms in total. The Morgan fingerprint density at radius 3 is 1.59 bits per heavy atom. The molecule has 2 aliphatic rings. The van der Waals surface area contributed by atoms with Crippen molar-refractivity contribution >= 4 is 23.5 Å². The summed E-state index contributed by atoms with van der Waals surface area (Å²) >= 11 is 3.49. The molecule has 0 bridgehead atoms. The molecule has 0 spiro atoms. The molecule has 2 aromatic heterocycles. The monoisotopic (exact) mass is 434 g/mol. The van der Waals surface area contributed by atoms with Crippen molar-refractivity contribution in [3.63, 3.8) is 0 Å². The molecule has 0 unspecified atom stereocenters. The topological polar surface area (TPSA) is 83.1 Å². The van der Waals surface area contributed by atoms with Crippen molar-refractivity contribution in [3.05, 3.63) is 11.6 Å². The van der Waals surface area contributed by atoms with Crippen molar-refractivity contribution in [1.29, 1.82) is 0 Å². The summed E-state index contributed by atoms with van der Waals surface area (Å²) < 4.78 is 0. The van der Waals surface area contributed by atoms with Crippen LogP contribution < -0.4 is 0 Å². The maximum Gasteiger partial charge on any atom is 0.208 e. The van der Waals surface area contributed by atoms with Crippen molar-refractivity contribution in [1.82, 2.24) is 30.4 Å². The summed E-state index contributed by atoms with van der Waals surface area (Å²) in [6.45, 7) is 0. The summed E-state index contributed by atoms with van der Waals surface area (Å²) in [4.78, 5) is 9.29. The first-order chi connectivity index (χ1) is 14.3. The lowest BCUT2D eigenvalue weighted by Gasteiger charge is -2.05. The molecule has 2 aliphatic carbocycles. The first kappa shape index (κ1) is 21.2. The molecule has 0 aliphatic heterocycles. The van der Waals surface area contributed by atoms with Gasteiger partial charge in [-0.3, -0.25) is 10.2 Å². The maximum atomic E-state index is 4.64. The van der Waals surface area contributed by atoms with Gasteiger partial charge in [0.1, 0.15) is 11.6 Å². The molecule has 2 fully saturated rings. The fourth-order valence-corrected chi connectivity index (χ4v) is 6.27. The lowest BCUT2D eigenvalue weighted by molar-refractivity contribution is 0.497. The Bertz CT molecular complexity index is 658. The van der Waals surface area contributed by atoms with Gasteiger partial charge in [0, 0.05) is 24.3 Å². The second-order valence-electron chi connectivity index (χ2n) is 8.56. The molecular weight excluding hydrogens is 400 g/mol. The Morgan fingerprint density at radius 2 is 1.14 bits per heavy atom. The molecule has 2 saturated carbocycles. The van der Waals surface area contributed by atoms with E-state index in [4.69, 9.17) is 0 Å². The average Bonchev–Trinajstić information content (AvgIpc) is 3.53. The van der Waals surface area contributed by atoms with Crippen molar-refractivity contribution in [3.8, 4) is 0 Å². The Morgan fingerprint density at radius 1 is 0.690 bits per heavy atom. The Hall–Kier alpha value is -1.02. The van der Waals surface area contributed by atoms with Gasteiger partial charge < -0.3 is 0 Å². The summed E-state index contributed by atoms with van der Waals surface area (Å²) in [6.07, 6.45) is 17.0. The Balaban J connectivity index is 1.07. The predicted molar refractivity (Wildman–Crippen MR) is 119 cm³/mol. The number of nitrogens with one attached hydrogen (secondary N) is 2. The van der Waals surface area contributed by atoms with E-state index in [0.717, 1.165) is 64.6 Å². The van der Waals surface area contributed by atoms with Crippen LogP contribution in [0, 0.1) is 11.8 Å². The molecular formula is C21H34N6S2. The molecule has 2 N–H and O–H groups in total. The van der Waals surface area contributed by atoms with Crippen molar-refractivity contribution in [2.45, 2.75) is 93.8 Å². The minimum atomic E-state index is 0.892. The molecule has 8 heteroatoms. The number of aromatic amines is 2. The third-order valence-corrected chi connectivity index (χ3v) is 8.17. The van der Waals surface area contributed by atoms with E-state index in [1.54, 1.807) is 23.5 Å². The van der Waals surface area contributed by atoms with Crippen LogP contribution in [0.3, 0.4) is 0 Å². The summed E-state index contributed by atoms with van der Waals surface area (Å²) in [5.74, 6) is 6.00. The summed E-state index contributed by atoms with van der Waals surface area (Å²) in [5.41, 5.74) is 0. The van der Waals surface area contributed by atoms with Crippen LogP contribution in [0.4, 0.5) is 0 Å². The Labute approximate surface area is 182 Å². The van der Waals surface area contributed by atoms with Gasteiger partial charge in [-0.2, -0.15) is 0 Å². The van der Waals surface area contributed by atoms with Crippen molar-refractivity contribution in [2.24, 2.45) is 11.8 Å². The summed E-state index contributed by atoms with van der Waals surface area (Å²) in [7, 11) is 0. The third-order valence-electron chi connectivity index (χ3n) is 6.30. The zero-order chi connectivity index (χ0) is 19.7. The zero-order valence-electron chi connectivity index (χ0n) is 17.4. The lowest BCUT2D eigenvalue weighted by Crippen LogP contribution is -1.97. The smallest absolute Gasteiger partial charge is 0.208 e. The van der Waals surface area contributed by atoms with Crippen LogP contribution in [-0.4, -0.2) is 41.9 Å². The van der Waals surface area contributed by atoms with Gasteiger partial charge in [-0.05, 0) is 31.1 Å². The van der Waals surface area contributed by atoms with E-state index in [1.807, 2.05) is 0 Å². The Kier molecular flexibility index (Phi) is 8.34. The number of hydrogen-bond acceptors (Lipinski definition) is 6. The highest BCUT2D eigenvalue weighted by atomic mass is 32.2. The van der Waals surface area contributed by atoms with Crippen LogP contribution in [0.15, 0.2) is 10.3 Å². The van der Waals surface area contributed by atoms with Crippen molar-refractivity contribution in [2.75, 3.05) is 11.5 Å². The number of H-pyrrole nitrogens is 2. The van der Waals surface area contributed by atoms with E-state index >= 15 is 0 Å². The van der Waals surface area contributed by atoms with Gasteiger partial charge in [-0.15, -0.1) is 10.2 Å². The zero-order valence-corrected chi connectivity index (χ0v) is 19.0. The molecule has 0 amide bonds. The van der Waals surface area contributed by atoms with E-state index in [-0.39, 0.29) is 0 Å². The van der Waals surface area contributed by atoms with E-state index < -0.39 is 0 Å². The SMILES string of the molecule is C(CSc1n[nH]c(CCC2CCCC2)n1)CSc1n[nH]c(CCC2CCCC2)n1. The van der Waals surface area contributed by atoms with Crippen LogP contribution in [0.1, 0.15) is 82.3 Å². The summed E-state index contributed by atoms with van der Waals surface area (Å²) in [6, 6.07) is 0. The molecule has 2 heterocycles. The number of aromatic nitrogens is 6. The van der Waals surface area contributed by atoms with Gasteiger partial charge >= 0.3 is 0 Å². The first-order valence-electron chi connectivity index (χ1n) is 11.4. The normalized spacial score (nSPS) is 18.2. The van der Waals surface area contributed by atoms with E-state index in [9.17, 15) is 0 Å². The van der Waals surface area contributed by atoms with Gasteiger partial charge in [0.2, 0.25) is 10.3 Å². The van der Waals surface area contributed by atoms with Crippen molar-refractivity contribution < 1.29 is 0 Å². The van der Waals surface area contributed by atoms with Gasteiger partial charge in [-0.1, -0.05) is 74.9 Å². The van der Waals surface area contributed by atoms with Crippen LogP contribution in [0.2, 0.25) is 0 Å². The highest BCUT2D eigenvalue weighted by Gasteiger charge is 2.16. The average molecular weight is 435 g/mol. The lowest BCUT2D eigenvalue weighted by atomic mass is 10.0. The number of hydrogen-bond donors (Lipinski definition) is 2. The van der Waals surface area contributed by atoms with E-state index in [2.05, 4.69) is 30.4 Å². The second kappa shape index (κ2) is 11.4. The second-order valence-corrected chi connectivity index (χ2v) is 10.7. The number of nitrogens with zero attached hydrogens (tertiary/aromatic N) is 4. The van der Waals surface area contributed by atoms with Gasteiger partial charge in [-0.25, -0.2) is 9.97 Å². The molecule has 29 heavy (non-hydrogen) atoms. The van der Waals surface area contributed by atoms with Crippen LogP contribution in [0.5, 0.6) is 0 Å². The molecule has 0 radical (unpaired) electrons. The standard InChI is InChI=1S/C21H34N6S2/c1-2-7-16(6-1)10-12-18-22-20(26-24-18)28-14-5-15-29-21-23-19(25-27-21)13-11-17-8-3-4-9-17/h16-17H,1-15H2,(H,22,24,26)(H,23,25,27). The molecule has 0 atom stereocenters. The number of thioether (sulfide) groups is 2. The summed E-state index contributed by atoms with van der Waals surface area (Å²) in [5, 5.41) is 16.8. The molecule has 2 aromatic rings. The fraction of sp³-hybridized carbons (Fsp3) is 0.810. The van der Waals surface area contributed by atoms with E-state index in [1.165, 1.54) is 64.2 Å². The van der Waals surface area contributed by atoms with E-state index in [0.29, 0.717) is 0 Å². The van der Waals surface area contributed by atoms with Gasteiger partial charge in [0.15, 0.2) is 0 Å². The largest absolute Gasteiger partial charge is 0.262 e. The van der Waals surface area contributed by atoms with Crippen LogP contribution >= 0.6 is 23.5 Å². The highest BCUT2D eigenvalue weighted by Crippen LogP contribution is 2.29. The number of aryl methyl sites for hydroxylation is 2. The maximum absolute atomic E-state index is 4.64. The minimum Gasteiger partial charge on any atom is -0.262 e. The molecule has 0 saturated heterocycles. The fourth-order valence-electron chi connectivity index (χ4n) is 4.57. The van der Waals surface area contributed by atoms with Crippen LogP contribution in [-0.2, 0) is 12.8 Å². The highest BCUT2D eigenvalue weighted by molar-refractivity contribution is 8.00. The number of rotatable bonds is 12. The molecule has 0 aromatic carbocycles. The van der Waals surface area contributed by atoms with Crippen LogP contribution in [0.25, 0.3) is 0 Å². The quantitative estimate of drug-likeness (QED) is 0.342. The van der Waals surface area contributed by atoms with Gasteiger partial charge in [0.25, 0.3) is 0 Å². The molecule has 4 rings (SSSR count). The third kappa shape index (κ3) is 7.02. The minimum absolute atomic E-state index is 0.892. The predicted octanol–water partition coefficient (Wildman–Crippen LogP) is 5.44. The van der Waals surface area contributed by atoms with Gasteiger partial charge in [0.05, 0.1) is 0 Å².